The first-order valence-corrected chi connectivity index (χ1v) is 7.86. The molecule has 2 aliphatic heterocycles. The molecule has 1 aromatic carbocycles. The molecule has 5 heteroatoms. The third kappa shape index (κ3) is 2.73. The Morgan fingerprint density at radius 1 is 1.27 bits per heavy atom. The highest BCUT2D eigenvalue weighted by molar-refractivity contribution is 5.97. The van der Waals surface area contributed by atoms with Crippen LogP contribution >= 0.6 is 0 Å². The molecule has 5 nitrogen and oxygen atoms in total. The van der Waals surface area contributed by atoms with Crippen LogP contribution in [0.4, 0.5) is 0 Å². The van der Waals surface area contributed by atoms with E-state index in [-0.39, 0.29) is 23.9 Å². The molecule has 3 atom stereocenters. The minimum absolute atomic E-state index is 0.0254. The number of aryl methyl sites for hydroxylation is 2. The molecule has 1 aromatic rings. The number of nitrogens with one attached hydrogen (secondary N) is 2. The summed E-state index contributed by atoms with van der Waals surface area (Å²) >= 11 is 0. The first-order chi connectivity index (χ1) is 10.5. The third-order valence-electron chi connectivity index (χ3n) is 4.78. The van der Waals surface area contributed by atoms with E-state index in [1.54, 1.807) is 11.8 Å². The van der Waals surface area contributed by atoms with Gasteiger partial charge in [-0.15, -0.1) is 0 Å². The zero-order valence-electron chi connectivity index (χ0n) is 13.3. The summed E-state index contributed by atoms with van der Waals surface area (Å²) in [6.07, 6.45) is 0.690. The van der Waals surface area contributed by atoms with Crippen LogP contribution in [0.2, 0.25) is 0 Å². The van der Waals surface area contributed by atoms with E-state index in [9.17, 15) is 9.59 Å². The molecule has 3 rings (SSSR count). The first kappa shape index (κ1) is 15.0. The minimum Gasteiger partial charge on any atom is -0.343 e. The Morgan fingerprint density at radius 3 is 2.77 bits per heavy atom. The van der Waals surface area contributed by atoms with Crippen LogP contribution in [0, 0.1) is 13.8 Å². The largest absolute Gasteiger partial charge is 0.343 e. The Morgan fingerprint density at radius 2 is 2.05 bits per heavy atom. The summed E-state index contributed by atoms with van der Waals surface area (Å²) in [7, 11) is 0. The van der Waals surface area contributed by atoms with E-state index in [1.165, 1.54) is 16.7 Å². The van der Waals surface area contributed by atoms with Gasteiger partial charge in [-0.25, -0.2) is 0 Å². The molecule has 2 amide bonds. The average Bonchev–Trinajstić information content (AvgIpc) is 2.91. The van der Waals surface area contributed by atoms with Gasteiger partial charge in [0, 0.05) is 19.1 Å². The van der Waals surface area contributed by atoms with Crippen molar-refractivity contribution in [2.75, 3.05) is 6.54 Å². The van der Waals surface area contributed by atoms with E-state index >= 15 is 0 Å². The van der Waals surface area contributed by atoms with E-state index in [1.807, 2.05) is 0 Å². The second kappa shape index (κ2) is 5.72. The molecule has 2 N–H and O–H groups in total. The van der Waals surface area contributed by atoms with Crippen LogP contribution in [0.5, 0.6) is 0 Å². The standard InChI is InChI=1S/C17H23N3O2/c1-10-4-5-13(6-11(10)2)8-18-14-7-15-16(21)19-12(3)17(22)20(15)9-14/h4-6,12,14-15,18H,7-9H2,1-3H3,(H,19,21)/t12-,14+,15+/m1/s1. The van der Waals surface area contributed by atoms with Crippen LogP contribution in [0.15, 0.2) is 18.2 Å². The first-order valence-electron chi connectivity index (χ1n) is 7.86. The highest BCUT2D eigenvalue weighted by Crippen LogP contribution is 2.23. The summed E-state index contributed by atoms with van der Waals surface area (Å²) in [5.74, 6) is 0.00246. The van der Waals surface area contributed by atoms with Gasteiger partial charge in [0.25, 0.3) is 0 Å². The van der Waals surface area contributed by atoms with Gasteiger partial charge in [-0.05, 0) is 43.9 Å². The molecule has 2 heterocycles. The predicted octanol–water partition coefficient (Wildman–Crippen LogP) is 0.881. The molecule has 0 aliphatic carbocycles. The molecule has 22 heavy (non-hydrogen) atoms. The van der Waals surface area contributed by atoms with E-state index in [0.29, 0.717) is 13.0 Å². The number of nitrogens with zero attached hydrogens (tertiary/aromatic N) is 1. The molecule has 0 unspecified atom stereocenters. The van der Waals surface area contributed by atoms with Gasteiger partial charge < -0.3 is 15.5 Å². The number of rotatable bonds is 3. The summed E-state index contributed by atoms with van der Waals surface area (Å²) < 4.78 is 0. The molecule has 0 radical (unpaired) electrons. The molecule has 118 valence electrons. The van der Waals surface area contributed by atoms with Crippen LogP contribution in [0.3, 0.4) is 0 Å². The lowest BCUT2D eigenvalue weighted by Crippen LogP contribution is -2.60. The van der Waals surface area contributed by atoms with Crippen molar-refractivity contribution in [3.8, 4) is 0 Å². The van der Waals surface area contributed by atoms with E-state index in [0.717, 1.165) is 6.54 Å². The predicted molar refractivity (Wildman–Crippen MR) is 84.3 cm³/mol. The van der Waals surface area contributed by atoms with Crippen LogP contribution in [0.1, 0.15) is 30.0 Å². The molecular weight excluding hydrogens is 278 g/mol. The fourth-order valence-corrected chi connectivity index (χ4v) is 3.27. The van der Waals surface area contributed by atoms with Crippen LogP contribution in [-0.4, -0.2) is 41.4 Å². The van der Waals surface area contributed by atoms with Gasteiger partial charge in [-0.1, -0.05) is 18.2 Å². The van der Waals surface area contributed by atoms with Gasteiger partial charge in [0.2, 0.25) is 11.8 Å². The molecular formula is C17H23N3O2. The van der Waals surface area contributed by atoms with Gasteiger partial charge in [-0.2, -0.15) is 0 Å². The van der Waals surface area contributed by atoms with Gasteiger partial charge in [0.15, 0.2) is 0 Å². The average molecular weight is 301 g/mol. The van der Waals surface area contributed by atoms with Gasteiger partial charge in [0.05, 0.1) is 0 Å². The Hall–Kier alpha value is -1.88. The Bertz CT molecular complexity index is 614. The summed E-state index contributed by atoms with van der Waals surface area (Å²) in [5, 5.41) is 6.23. The summed E-state index contributed by atoms with van der Waals surface area (Å²) in [5.41, 5.74) is 3.81. The monoisotopic (exact) mass is 301 g/mol. The number of hydrogen-bond acceptors (Lipinski definition) is 3. The van der Waals surface area contributed by atoms with Crippen molar-refractivity contribution in [3.05, 3.63) is 34.9 Å². The topological polar surface area (TPSA) is 61.4 Å². The SMILES string of the molecule is Cc1ccc(CN[C@H]2C[C@H]3C(=O)N[C@H](C)C(=O)N3C2)cc1C. The van der Waals surface area contributed by atoms with Gasteiger partial charge >= 0.3 is 0 Å². The number of carbonyl (C=O) groups is 2. The van der Waals surface area contributed by atoms with Crippen molar-refractivity contribution in [2.45, 2.75) is 51.9 Å². The lowest BCUT2D eigenvalue weighted by molar-refractivity contribution is -0.146. The van der Waals surface area contributed by atoms with E-state index in [2.05, 4.69) is 42.7 Å². The Kier molecular flexibility index (Phi) is 3.91. The third-order valence-corrected chi connectivity index (χ3v) is 4.78. The summed E-state index contributed by atoms with van der Waals surface area (Å²) in [6, 6.07) is 5.90. The molecule has 0 saturated carbocycles. The Labute approximate surface area is 131 Å². The molecule has 0 bridgehead atoms. The molecule has 2 saturated heterocycles. The number of fused-ring (bicyclic) bond motifs is 1. The van der Waals surface area contributed by atoms with Crippen molar-refractivity contribution in [1.82, 2.24) is 15.5 Å². The number of hydrogen-bond donors (Lipinski definition) is 2. The van der Waals surface area contributed by atoms with Crippen LogP contribution in [0.25, 0.3) is 0 Å². The quantitative estimate of drug-likeness (QED) is 0.871. The zero-order valence-corrected chi connectivity index (χ0v) is 13.3. The minimum atomic E-state index is -0.401. The second-order valence-corrected chi connectivity index (χ2v) is 6.47. The molecule has 2 fully saturated rings. The fourth-order valence-electron chi connectivity index (χ4n) is 3.27. The van der Waals surface area contributed by atoms with Gasteiger partial charge in [-0.3, -0.25) is 9.59 Å². The number of carbonyl (C=O) groups excluding carboxylic acids is 2. The van der Waals surface area contributed by atoms with E-state index < -0.39 is 6.04 Å². The van der Waals surface area contributed by atoms with Crippen molar-refractivity contribution < 1.29 is 9.59 Å². The number of piperazine rings is 1. The maximum absolute atomic E-state index is 12.1. The zero-order chi connectivity index (χ0) is 15.9. The summed E-state index contributed by atoms with van der Waals surface area (Å²) in [4.78, 5) is 25.9. The molecule has 0 spiro atoms. The molecule has 2 aliphatic rings. The number of benzene rings is 1. The Balaban J connectivity index is 1.62. The van der Waals surface area contributed by atoms with Crippen molar-refractivity contribution in [1.29, 1.82) is 0 Å². The lowest BCUT2D eigenvalue weighted by Gasteiger charge is -2.32. The normalized spacial score (nSPS) is 27.8. The van der Waals surface area contributed by atoms with Crippen molar-refractivity contribution in [3.63, 3.8) is 0 Å². The summed E-state index contributed by atoms with van der Waals surface area (Å²) in [6.45, 7) is 7.34. The highest BCUT2D eigenvalue weighted by Gasteiger charge is 2.44. The second-order valence-electron chi connectivity index (χ2n) is 6.47. The van der Waals surface area contributed by atoms with Crippen molar-refractivity contribution >= 4 is 11.8 Å². The maximum Gasteiger partial charge on any atom is 0.245 e. The highest BCUT2D eigenvalue weighted by atomic mass is 16.2. The van der Waals surface area contributed by atoms with Crippen LogP contribution in [-0.2, 0) is 16.1 Å². The molecule has 0 aromatic heterocycles. The smallest absolute Gasteiger partial charge is 0.245 e. The number of amides is 2. The fraction of sp³-hybridized carbons (Fsp3) is 0.529. The van der Waals surface area contributed by atoms with Gasteiger partial charge in [0.1, 0.15) is 12.1 Å². The maximum atomic E-state index is 12.1. The van der Waals surface area contributed by atoms with Crippen LogP contribution < -0.4 is 10.6 Å². The van der Waals surface area contributed by atoms with E-state index in [4.69, 9.17) is 0 Å². The lowest BCUT2D eigenvalue weighted by atomic mass is 10.1. The van der Waals surface area contributed by atoms with Crippen molar-refractivity contribution in [2.24, 2.45) is 0 Å².